The number of amides is 2. The van der Waals surface area contributed by atoms with Gasteiger partial charge in [-0.1, -0.05) is 29.4 Å². The molecule has 1 aromatic rings. The van der Waals surface area contributed by atoms with Crippen molar-refractivity contribution < 1.29 is 14.8 Å². The van der Waals surface area contributed by atoms with Gasteiger partial charge in [0.15, 0.2) is 0 Å². The lowest BCUT2D eigenvalue weighted by atomic mass is 10.1. The third-order valence-electron chi connectivity index (χ3n) is 5.66. The molecule has 2 atom stereocenters. The number of oxime groups is 1. The zero-order valence-electron chi connectivity index (χ0n) is 14.7. The quantitative estimate of drug-likeness (QED) is 0.514. The van der Waals surface area contributed by atoms with E-state index in [0.29, 0.717) is 25.9 Å². The van der Waals surface area contributed by atoms with Crippen LogP contribution in [0.5, 0.6) is 0 Å². The first-order valence-corrected chi connectivity index (χ1v) is 9.26. The molecule has 0 radical (unpaired) electrons. The molecule has 0 unspecified atom stereocenters. The van der Waals surface area contributed by atoms with Crippen LogP contribution in [0.2, 0.25) is 0 Å². The minimum absolute atomic E-state index is 0.0191. The fourth-order valence-electron chi connectivity index (χ4n) is 4.36. The highest BCUT2D eigenvalue weighted by atomic mass is 16.4. The van der Waals surface area contributed by atoms with Crippen LogP contribution in [0.4, 0.5) is 0 Å². The van der Waals surface area contributed by atoms with E-state index in [9.17, 15) is 9.59 Å². The maximum Gasteiger partial charge on any atom is 0.250 e. The predicted molar refractivity (Wildman–Crippen MR) is 97.9 cm³/mol. The number of rotatable bonds is 3. The molecule has 2 amide bonds. The van der Waals surface area contributed by atoms with Crippen LogP contribution in [0.1, 0.15) is 36.8 Å². The summed E-state index contributed by atoms with van der Waals surface area (Å²) in [5.74, 6) is -0.0435. The van der Waals surface area contributed by atoms with Gasteiger partial charge in [-0.15, -0.1) is 0 Å². The van der Waals surface area contributed by atoms with Crippen molar-refractivity contribution in [3.05, 3.63) is 41.0 Å². The van der Waals surface area contributed by atoms with E-state index in [1.165, 1.54) is 6.21 Å². The molecule has 2 fully saturated rings. The van der Waals surface area contributed by atoms with E-state index in [1.807, 2.05) is 30.3 Å². The van der Waals surface area contributed by atoms with Crippen LogP contribution in [-0.2, 0) is 16.0 Å². The molecule has 6 heteroatoms. The Morgan fingerprint density at radius 1 is 1.12 bits per heavy atom. The third kappa shape index (κ3) is 2.89. The number of hydrogen-bond acceptors (Lipinski definition) is 4. The predicted octanol–water partition coefficient (Wildman–Crippen LogP) is 2.07. The molecule has 0 spiro atoms. The van der Waals surface area contributed by atoms with E-state index in [-0.39, 0.29) is 17.9 Å². The lowest BCUT2D eigenvalue weighted by Gasteiger charge is -2.30. The average molecular weight is 353 g/mol. The van der Waals surface area contributed by atoms with Gasteiger partial charge in [0, 0.05) is 25.1 Å². The van der Waals surface area contributed by atoms with E-state index in [1.54, 1.807) is 9.80 Å². The Labute approximate surface area is 152 Å². The minimum atomic E-state index is -0.403. The second kappa shape index (κ2) is 6.94. The minimum Gasteiger partial charge on any atom is -0.411 e. The normalized spacial score (nSPS) is 25.0. The fraction of sp³-hybridized carbons (Fsp3) is 0.450. The Morgan fingerprint density at radius 2 is 1.88 bits per heavy atom. The fourth-order valence-corrected chi connectivity index (χ4v) is 4.36. The van der Waals surface area contributed by atoms with Crippen molar-refractivity contribution in [1.29, 1.82) is 0 Å². The molecule has 6 nitrogen and oxygen atoms in total. The van der Waals surface area contributed by atoms with Gasteiger partial charge in [-0.2, -0.15) is 0 Å². The van der Waals surface area contributed by atoms with E-state index in [2.05, 4.69) is 5.16 Å². The van der Waals surface area contributed by atoms with Crippen molar-refractivity contribution in [3.63, 3.8) is 0 Å². The van der Waals surface area contributed by atoms with Crippen LogP contribution < -0.4 is 0 Å². The number of hydrogen-bond donors (Lipinski definition) is 1. The van der Waals surface area contributed by atoms with Crippen LogP contribution in [0, 0.1) is 0 Å². The van der Waals surface area contributed by atoms with Crippen LogP contribution in [-0.4, -0.2) is 58.2 Å². The summed E-state index contributed by atoms with van der Waals surface area (Å²) in [6, 6.07) is 7.45. The molecular formula is C20H23N3O3. The van der Waals surface area contributed by atoms with Gasteiger partial charge in [-0.3, -0.25) is 9.59 Å². The highest BCUT2D eigenvalue weighted by molar-refractivity contribution is 6.02. The molecule has 0 bridgehead atoms. The molecule has 1 aliphatic carbocycles. The molecule has 2 heterocycles. The van der Waals surface area contributed by atoms with E-state index in [0.717, 1.165) is 36.0 Å². The first kappa shape index (κ1) is 16.8. The van der Waals surface area contributed by atoms with Crippen molar-refractivity contribution >= 4 is 24.1 Å². The number of carbonyl (C=O) groups is 2. The second-order valence-corrected chi connectivity index (χ2v) is 7.21. The van der Waals surface area contributed by atoms with Gasteiger partial charge in [0.2, 0.25) is 5.91 Å². The lowest BCUT2D eigenvalue weighted by molar-refractivity contribution is -0.141. The Kier molecular flexibility index (Phi) is 4.49. The van der Waals surface area contributed by atoms with Gasteiger partial charge in [0.1, 0.15) is 6.04 Å². The molecule has 26 heavy (non-hydrogen) atoms. The first-order valence-electron chi connectivity index (χ1n) is 9.26. The number of fused-ring (bicyclic) bond motifs is 1. The lowest BCUT2D eigenvalue weighted by Crippen LogP contribution is -2.49. The number of carbonyl (C=O) groups excluding carboxylic acids is 2. The number of nitrogens with zero attached hydrogens (tertiary/aromatic N) is 3. The third-order valence-corrected chi connectivity index (χ3v) is 5.66. The average Bonchev–Trinajstić information content (AvgIpc) is 3.39. The Morgan fingerprint density at radius 3 is 2.69 bits per heavy atom. The summed E-state index contributed by atoms with van der Waals surface area (Å²) in [5.41, 5.74) is 3.02. The van der Waals surface area contributed by atoms with Gasteiger partial charge in [0.25, 0.3) is 5.91 Å². The maximum atomic E-state index is 13.1. The van der Waals surface area contributed by atoms with Gasteiger partial charge in [0.05, 0.1) is 12.3 Å². The number of benzene rings is 1. The summed E-state index contributed by atoms with van der Waals surface area (Å²) < 4.78 is 0. The smallest absolute Gasteiger partial charge is 0.250 e. The van der Waals surface area contributed by atoms with Gasteiger partial charge in [-0.05, 0) is 42.9 Å². The SMILES string of the molecule is O=C([C@H]1CCCN1C(=O)C1=Cc2ccccc2C1)N1CCC[C@H]1C=NO. The molecule has 1 N–H and O–H groups in total. The molecular weight excluding hydrogens is 330 g/mol. The standard InChI is InChI=1S/C20H23N3O3/c24-19(16-11-14-5-1-2-6-15(14)12-16)23-10-4-8-18(23)20(25)22-9-3-7-17(22)13-21-26/h1-2,5-6,11,13,17-18,26H,3-4,7-10,12H2/t17-,18+/m0/s1. The summed E-state index contributed by atoms with van der Waals surface area (Å²) in [5, 5.41) is 11.9. The molecule has 3 aliphatic rings. The molecule has 0 saturated carbocycles. The van der Waals surface area contributed by atoms with Crippen molar-refractivity contribution in [3.8, 4) is 0 Å². The molecule has 4 rings (SSSR count). The highest BCUT2D eigenvalue weighted by Gasteiger charge is 2.40. The molecule has 1 aromatic carbocycles. The molecule has 136 valence electrons. The maximum absolute atomic E-state index is 13.1. The Bertz CT molecular complexity index is 786. The summed E-state index contributed by atoms with van der Waals surface area (Å²) in [6.45, 7) is 1.28. The zero-order valence-corrected chi connectivity index (χ0v) is 14.7. The molecule has 2 aliphatic heterocycles. The van der Waals surface area contributed by atoms with E-state index in [4.69, 9.17) is 5.21 Å². The van der Waals surface area contributed by atoms with Crippen molar-refractivity contribution in [2.75, 3.05) is 13.1 Å². The monoisotopic (exact) mass is 353 g/mol. The van der Waals surface area contributed by atoms with Gasteiger partial charge >= 0.3 is 0 Å². The Hall–Kier alpha value is -2.63. The molecule has 2 saturated heterocycles. The van der Waals surface area contributed by atoms with Crippen molar-refractivity contribution in [2.24, 2.45) is 5.16 Å². The summed E-state index contributed by atoms with van der Waals surface area (Å²) in [4.78, 5) is 29.6. The number of likely N-dealkylation sites (tertiary alicyclic amines) is 2. The topological polar surface area (TPSA) is 73.2 Å². The van der Waals surface area contributed by atoms with E-state index < -0.39 is 6.04 Å². The highest BCUT2D eigenvalue weighted by Crippen LogP contribution is 2.30. The summed E-state index contributed by atoms with van der Waals surface area (Å²) >= 11 is 0. The largest absolute Gasteiger partial charge is 0.411 e. The van der Waals surface area contributed by atoms with Gasteiger partial charge in [-0.25, -0.2) is 0 Å². The van der Waals surface area contributed by atoms with Crippen molar-refractivity contribution in [1.82, 2.24) is 9.80 Å². The van der Waals surface area contributed by atoms with Crippen LogP contribution in [0.15, 0.2) is 35.0 Å². The van der Waals surface area contributed by atoms with Crippen molar-refractivity contribution in [2.45, 2.75) is 44.2 Å². The summed E-state index contributed by atoms with van der Waals surface area (Å²) in [7, 11) is 0. The second-order valence-electron chi connectivity index (χ2n) is 7.21. The van der Waals surface area contributed by atoms with Crippen LogP contribution in [0.25, 0.3) is 6.08 Å². The molecule has 0 aromatic heterocycles. The zero-order chi connectivity index (χ0) is 18.1. The van der Waals surface area contributed by atoms with E-state index >= 15 is 0 Å². The first-order chi connectivity index (χ1) is 12.7. The summed E-state index contributed by atoms with van der Waals surface area (Å²) in [6.07, 6.45) is 7.24. The van der Waals surface area contributed by atoms with Crippen LogP contribution >= 0.6 is 0 Å². The Balaban J connectivity index is 1.50. The van der Waals surface area contributed by atoms with Crippen LogP contribution in [0.3, 0.4) is 0 Å². The van der Waals surface area contributed by atoms with Gasteiger partial charge < -0.3 is 15.0 Å².